The number of phenolic OH excluding ortho intramolecular Hbond substituents is 2. The molecule has 4 fully saturated rings. The summed E-state index contributed by atoms with van der Waals surface area (Å²) in [6, 6.07) is 98.9. The highest BCUT2D eigenvalue weighted by Crippen LogP contribution is 2.41. The molecule has 750 valence electrons. The van der Waals surface area contributed by atoms with E-state index in [0.29, 0.717) is 112 Å². The normalized spacial score (nSPS) is 13.9. The van der Waals surface area contributed by atoms with E-state index in [2.05, 4.69) is 101 Å². The highest BCUT2D eigenvalue weighted by atomic mass is 16.5. The van der Waals surface area contributed by atoms with Crippen molar-refractivity contribution in [2.75, 3.05) is 47.5 Å². The minimum Gasteiger partial charge on any atom is -0.507 e. The van der Waals surface area contributed by atoms with Crippen LogP contribution in [0.1, 0.15) is 229 Å². The van der Waals surface area contributed by atoms with Gasteiger partial charge in [-0.15, -0.1) is 0 Å². The highest BCUT2D eigenvalue weighted by Gasteiger charge is 2.32. The lowest BCUT2D eigenvalue weighted by molar-refractivity contribution is 0.0718. The van der Waals surface area contributed by atoms with Crippen LogP contribution in [0.5, 0.6) is 11.5 Å². The monoisotopic (exact) mass is 1960 g/mol. The number of phenols is 2. The van der Waals surface area contributed by atoms with E-state index in [0.717, 1.165) is 150 Å². The molecule has 0 saturated heterocycles. The minimum absolute atomic E-state index is 0.0856. The van der Waals surface area contributed by atoms with Crippen LogP contribution >= 0.6 is 0 Å². The van der Waals surface area contributed by atoms with Gasteiger partial charge >= 0.3 is 0 Å². The Balaban J connectivity index is 0.000000134. The first-order valence-electron chi connectivity index (χ1n) is 50.4. The van der Waals surface area contributed by atoms with Crippen LogP contribution in [0, 0.1) is 83.5 Å². The van der Waals surface area contributed by atoms with Gasteiger partial charge in [-0.05, 0) is 343 Å². The van der Waals surface area contributed by atoms with Crippen molar-refractivity contribution >= 4 is 46.4 Å². The van der Waals surface area contributed by atoms with E-state index >= 15 is 0 Å². The molecule has 0 radical (unpaired) electrons. The lowest BCUT2D eigenvalue weighted by atomic mass is 9.95. The van der Waals surface area contributed by atoms with Gasteiger partial charge in [0.05, 0.1) is 81.9 Å². The molecule has 17 N–H and O–H groups in total. The Hall–Kier alpha value is -15.9. The van der Waals surface area contributed by atoms with E-state index in [-0.39, 0.29) is 47.9 Å². The zero-order valence-electron chi connectivity index (χ0n) is 84.1. The maximum absolute atomic E-state index is 13.4. The summed E-state index contributed by atoms with van der Waals surface area (Å²) < 4.78 is 13.0. The molecule has 4 heterocycles. The predicted molar refractivity (Wildman–Crippen MR) is 579 cm³/mol. The van der Waals surface area contributed by atoms with Crippen molar-refractivity contribution in [3.05, 3.63) is 438 Å². The van der Waals surface area contributed by atoms with Crippen molar-refractivity contribution in [3.8, 4) is 40.3 Å². The summed E-state index contributed by atoms with van der Waals surface area (Å²) in [6.07, 6.45) is 9.71. The summed E-state index contributed by atoms with van der Waals surface area (Å²) in [4.78, 5) is 53.5. The minimum atomic E-state index is -0.253. The molecule has 0 bridgehead atoms. The van der Waals surface area contributed by atoms with E-state index in [4.69, 9.17) is 27.7 Å². The maximum Gasteiger partial charge on any atom is 0.274 e. The van der Waals surface area contributed by atoms with Gasteiger partial charge in [-0.25, -0.2) is 18.7 Å². The van der Waals surface area contributed by atoms with Gasteiger partial charge in [-0.1, -0.05) is 175 Å². The number of nitrogens with zero attached hydrogens (tertiary/aromatic N) is 9. The highest BCUT2D eigenvalue weighted by molar-refractivity contribution is 6.06. The van der Waals surface area contributed by atoms with Crippen molar-refractivity contribution < 1.29 is 34.1 Å². The number of carbonyl (C=O) groups excluding carboxylic acids is 4. The first-order chi connectivity index (χ1) is 71.4. The van der Waals surface area contributed by atoms with Gasteiger partial charge < -0.3 is 75.1 Å². The Bertz CT molecular complexity index is 7180. The van der Waals surface area contributed by atoms with Gasteiger partial charge in [0.15, 0.2) is 0 Å². The van der Waals surface area contributed by atoms with Crippen LogP contribution in [0.2, 0.25) is 0 Å². The van der Waals surface area contributed by atoms with E-state index in [1.807, 2.05) is 290 Å². The summed E-state index contributed by atoms with van der Waals surface area (Å²) >= 11 is 0. The fraction of sp³-hybridized carbons (Fsp3) is 0.258. The molecular weight excluding hydrogens is 1830 g/mol. The van der Waals surface area contributed by atoms with Gasteiger partial charge in [0.2, 0.25) is 0 Å². The fourth-order valence-corrected chi connectivity index (χ4v) is 18.0. The third-order valence-corrected chi connectivity index (χ3v) is 26.7. The number of anilines is 4. The topological polar surface area (TPSA) is 401 Å². The van der Waals surface area contributed by atoms with E-state index in [1.165, 1.54) is 56.9 Å². The number of carbonyl (C=O) groups is 4. The van der Waals surface area contributed by atoms with Crippen molar-refractivity contribution in [2.45, 2.75) is 150 Å². The van der Waals surface area contributed by atoms with E-state index < -0.39 is 0 Å². The Kier molecular flexibility index (Phi) is 33.3. The summed E-state index contributed by atoms with van der Waals surface area (Å²) in [6.45, 7) is 18.5. The third kappa shape index (κ3) is 26.8. The summed E-state index contributed by atoms with van der Waals surface area (Å²) in [5, 5.41) is 72.4. The van der Waals surface area contributed by atoms with Crippen LogP contribution in [0.3, 0.4) is 0 Å². The smallest absolute Gasteiger partial charge is 0.274 e. The zero-order valence-corrected chi connectivity index (χ0v) is 84.1. The number of aromatic hydroxyl groups is 2. The van der Waals surface area contributed by atoms with Crippen LogP contribution in [0.25, 0.3) is 22.7 Å². The summed E-state index contributed by atoms with van der Waals surface area (Å²) in [5.41, 5.74) is 49.1. The molecule has 20 rings (SSSR count). The standard InChI is InChI=1S/C30H30N6O.2C30H33N5O2.C30H32N4O2/c1-20-13-28(36(35-20)27-10-3-6-23(15-27)18-32)30(37)34-26-9-4-8-25(16-26)29(33-19-21-11-12-21)24-7-2-5-22(14-24)17-31;2*1-19-6-3-11-26(29(19)36)28(32-18-21-12-13-21)23-8-5-9-24(16-23)33-30(37)27-14-20(2)34-35(27)25-10-4-7-22(15-25)17-31;1-20-9-13-24(14-10-20)29(36-19-22-11-12-22)25-6-4-7-26(17-25)32-30(35)28-15-21(2)33-34(28)27-8-3-5-23(16-27)18-31/h2-10,13-16,21,29,33H,11-12,18-19,32H2,1H3,(H,34,37);2*3-11,14-16,21,28,32,36H,12-13,17-18,31H2,1-2H3,(H,33,37);3-10,13-17,22,29H,11-12,18-19,31H2,1-2H3,(H,32,35). The zero-order chi connectivity index (χ0) is 103. The number of ether oxygens (including phenoxy) is 1. The second-order valence-corrected chi connectivity index (χ2v) is 38.8. The Morgan fingerprint density at radius 2 is 0.633 bits per heavy atom. The molecule has 27 heteroatoms. The maximum atomic E-state index is 13.4. The van der Waals surface area contributed by atoms with Crippen molar-refractivity contribution in [1.29, 1.82) is 5.26 Å². The van der Waals surface area contributed by atoms with E-state index in [9.17, 15) is 34.7 Å². The molecule has 4 saturated carbocycles. The number of hydrogen-bond donors (Lipinski definition) is 13. The molecule has 4 amide bonds. The fourth-order valence-electron chi connectivity index (χ4n) is 18.0. The van der Waals surface area contributed by atoms with Crippen LogP contribution in [-0.4, -0.2) is 99.2 Å². The average Bonchev–Trinajstić information content (AvgIpc) is 1.61. The number of hydrogen-bond acceptors (Lipinski definition) is 19. The number of amides is 4. The molecule has 4 aliphatic rings. The first-order valence-corrected chi connectivity index (χ1v) is 50.4. The third-order valence-electron chi connectivity index (χ3n) is 26.7. The number of rotatable bonds is 36. The molecule has 0 spiro atoms. The van der Waals surface area contributed by atoms with Gasteiger partial charge in [0, 0.05) is 60.1 Å². The van der Waals surface area contributed by atoms with Crippen LogP contribution in [-0.2, 0) is 30.9 Å². The number of nitriles is 1. The molecule has 4 atom stereocenters. The van der Waals surface area contributed by atoms with Crippen LogP contribution in [0.15, 0.2) is 303 Å². The quantitative estimate of drug-likeness (QED) is 0.0173. The molecule has 0 aliphatic heterocycles. The van der Waals surface area contributed by atoms with Gasteiger partial charge in [0.1, 0.15) is 40.4 Å². The second kappa shape index (κ2) is 47.8. The van der Waals surface area contributed by atoms with E-state index in [1.54, 1.807) is 43.0 Å². The molecule has 12 aromatic carbocycles. The van der Waals surface area contributed by atoms with Gasteiger partial charge in [-0.2, -0.15) is 25.7 Å². The molecule has 4 aromatic heterocycles. The summed E-state index contributed by atoms with van der Waals surface area (Å²) in [5.74, 6) is 2.33. The molecule has 16 aromatic rings. The molecule has 4 aliphatic carbocycles. The molecule has 4 unspecified atom stereocenters. The largest absolute Gasteiger partial charge is 0.507 e. The second-order valence-electron chi connectivity index (χ2n) is 38.8. The lowest BCUT2D eigenvalue weighted by Crippen LogP contribution is -2.25. The molecule has 147 heavy (non-hydrogen) atoms. The number of benzene rings is 12. The average molecular weight is 1960 g/mol. The van der Waals surface area contributed by atoms with Crippen molar-refractivity contribution in [2.24, 2.45) is 46.6 Å². The van der Waals surface area contributed by atoms with Crippen LogP contribution < -0.4 is 60.2 Å². The van der Waals surface area contributed by atoms with Crippen LogP contribution in [0.4, 0.5) is 22.7 Å². The number of nitrogens with two attached hydrogens (primary N) is 4. The molecular formula is C120H128N20O7. The van der Waals surface area contributed by atoms with Gasteiger partial charge in [0.25, 0.3) is 23.6 Å². The number of aromatic nitrogens is 8. The lowest BCUT2D eigenvalue weighted by Gasteiger charge is -2.22. The Labute approximate surface area is 858 Å². The van der Waals surface area contributed by atoms with Crippen molar-refractivity contribution in [1.82, 2.24) is 55.1 Å². The number of aryl methyl sites for hydroxylation is 7. The Morgan fingerprint density at radius 1 is 0.340 bits per heavy atom. The number of para-hydroxylation sites is 2. The van der Waals surface area contributed by atoms with Gasteiger partial charge in [-0.3, -0.25) is 19.2 Å². The first kappa shape index (κ1) is 103. The molecule has 27 nitrogen and oxygen atoms in total. The van der Waals surface area contributed by atoms with Crippen molar-refractivity contribution in [3.63, 3.8) is 0 Å². The Morgan fingerprint density at radius 3 is 0.959 bits per heavy atom. The summed E-state index contributed by atoms with van der Waals surface area (Å²) in [7, 11) is 0. The predicted octanol–water partition coefficient (Wildman–Crippen LogP) is 20.6. The SMILES string of the molecule is Cc1cc(C(=O)Nc2cccc(C(NCC3CC3)c3cccc(C#N)c3)c2)n(-c2cccc(CN)c2)n1.Cc1cc(C(=O)Nc2cccc(C(NCC3CC3)c3cccc(C)c3O)c2)n(-c2cccc(CN)c2)n1.Cc1cc(C(=O)Nc2cccc(C(NCC3CC3)c3cccc(C)c3O)c2)n(-c2cccc(CN)c2)n1.Cc1ccc(C(OCC2CC2)c2cccc(NC(=O)c3cc(C)nn3-c3cccc(CN)c3)c2)cc1. The number of nitrogens with one attached hydrogen (secondary N) is 7.